The molecule has 3 aromatic rings. The molecule has 2 heterocycles. The van der Waals surface area contributed by atoms with Gasteiger partial charge >= 0.3 is 0 Å². The minimum atomic E-state index is -0.234. The number of carbonyl (C=O) groups is 1. The number of rotatable bonds is 4. The first-order valence-electron chi connectivity index (χ1n) is 6.40. The van der Waals surface area contributed by atoms with Gasteiger partial charge in [-0.3, -0.25) is 9.78 Å². The van der Waals surface area contributed by atoms with Crippen molar-refractivity contribution in [2.24, 2.45) is 0 Å². The number of amides is 1. The monoisotopic (exact) mass is 299 g/mol. The van der Waals surface area contributed by atoms with Crippen molar-refractivity contribution in [3.63, 3.8) is 0 Å². The molecule has 7 heteroatoms. The number of fused-ring (bicyclic) bond motifs is 1. The Balaban J connectivity index is 1.75. The number of pyridine rings is 1. The molecule has 3 rings (SSSR count). The largest absolute Gasteiger partial charge is 0.363 e. The third-order valence-corrected chi connectivity index (χ3v) is 3.93. The number of aromatic nitrogens is 3. The van der Waals surface area contributed by atoms with Crippen molar-refractivity contribution in [1.82, 2.24) is 20.5 Å². The summed E-state index contributed by atoms with van der Waals surface area (Å²) < 4.78 is 0. The predicted molar refractivity (Wildman–Crippen MR) is 82.4 cm³/mol. The fourth-order valence-corrected chi connectivity index (χ4v) is 2.59. The van der Waals surface area contributed by atoms with Crippen LogP contribution in [0.3, 0.4) is 0 Å². The molecule has 0 bridgehead atoms. The van der Waals surface area contributed by atoms with Gasteiger partial charge in [-0.05, 0) is 11.6 Å². The van der Waals surface area contributed by atoms with Crippen LogP contribution < -0.4 is 10.6 Å². The first-order valence-corrected chi connectivity index (χ1v) is 7.21. The van der Waals surface area contributed by atoms with Crippen LogP contribution in [0, 0.1) is 0 Å². The Kier molecular flexibility index (Phi) is 3.74. The van der Waals surface area contributed by atoms with E-state index in [-0.39, 0.29) is 5.91 Å². The molecule has 1 amide bonds. The molecule has 21 heavy (non-hydrogen) atoms. The summed E-state index contributed by atoms with van der Waals surface area (Å²) in [5.41, 5.74) is 1.87. The van der Waals surface area contributed by atoms with Gasteiger partial charge in [-0.15, -0.1) is 10.2 Å². The zero-order chi connectivity index (χ0) is 14.7. The van der Waals surface area contributed by atoms with E-state index in [4.69, 9.17) is 0 Å². The highest BCUT2D eigenvalue weighted by molar-refractivity contribution is 7.17. The molecule has 0 radical (unpaired) electrons. The van der Waals surface area contributed by atoms with Crippen molar-refractivity contribution in [2.75, 3.05) is 12.4 Å². The number of benzene rings is 1. The molecule has 0 aliphatic rings. The van der Waals surface area contributed by atoms with Crippen LogP contribution in [0.15, 0.2) is 36.5 Å². The van der Waals surface area contributed by atoms with Gasteiger partial charge in [0, 0.05) is 25.2 Å². The second kappa shape index (κ2) is 5.84. The van der Waals surface area contributed by atoms with Gasteiger partial charge in [0.05, 0.1) is 5.52 Å². The number of anilines is 1. The molecule has 0 spiro atoms. The van der Waals surface area contributed by atoms with E-state index in [2.05, 4.69) is 25.8 Å². The average Bonchev–Trinajstić information content (AvgIpc) is 3.01. The molecule has 106 valence electrons. The van der Waals surface area contributed by atoms with Gasteiger partial charge in [-0.2, -0.15) is 0 Å². The number of hydrogen-bond donors (Lipinski definition) is 2. The van der Waals surface area contributed by atoms with E-state index < -0.39 is 0 Å². The maximum atomic E-state index is 12.0. The van der Waals surface area contributed by atoms with Gasteiger partial charge in [-0.25, -0.2) is 0 Å². The van der Waals surface area contributed by atoms with Gasteiger partial charge in [0.1, 0.15) is 0 Å². The van der Waals surface area contributed by atoms with E-state index in [0.29, 0.717) is 16.7 Å². The highest BCUT2D eigenvalue weighted by Gasteiger charge is 2.12. The number of nitrogens with one attached hydrogen (secondary N) is 2. The minimum absolute atomic E-state index is 0.234. The van der Waals surface area contributed by atoms with E-state index >= 15 is 0 Å². The fraction of sp³-hybridized carbons (Fsp3) is 0.143. The lowest BCUT2D eigenvalue weighted by Crippen LogP contribution is -2.22. The van der Waals surface area contributed by atoms with Crippen molar-refractivity contribution in [3.05, 3.63) is 47.1 Å². The highest BCUT2D eigenvalue weighted by atomic mass is 32.1. The lowest BCUT2D eigenvalue weighted by molar-refractivity contribution is 0.0950. The van der Waals surface area contributed by atoms with Crippen LogP contribution >= 0.6 is 11.3 Å². The molecule has 0 atom stereocenters. The van der Waals surface area contributed by atoms with Crippen LogP contribution in [0.1, 0.15) is 15.4 Å². The topological polar surface area (TPSA) is 79.8 Å². The minimum Gasteiger partial charge on any atom is -0.363 e. The van der Waals surface area contributed by atoms with E-state index in [9.17, 15) is 4.79 Å². The Morgan fingerprint density at radius 1 is 1.24 bits per heavy atom. The van der Waals surface area contributed by atoms with E-state index in [1.165, 1.54) is 11.3 Å². The van der Waals surface area contributed by atoms with E-state index in [1.54, 1.807) is 13.2 Å². The summed E-state index contributed by atoms with van der Waals surface area (Å²) in [7, 11) is 1.74. The summed E-state index contributed by atoms with van der Waals surface area (Å²) in [4.78, 5) is 16.4. The lowest BCUT2D eigenvalue weighted by Gasteiger charge is -2.06. The molecule has 2 N–H and O–H groups in total. The van der Waals surface area contributed by atoms with E-state index in [1.807, 2.05) is 30.3 Å². The Morgan fingerprint density at radius 3 is 2.90 bits per heavy atom. The second-order valence-electron chi connectivity index (χ2n) is 4.34. The van der Waals surface area contributed by atoms with Gasteiger partial charge in [-0.1, -0.05) is 35.6 Å². The molecular formula is C14H13N5OS. The summed E-state index contributed by atoms with van der Waals surface area (Å²) in [5, 5.41) is 15.4. The Hall–Kier alpha value is -2.54. The summed E-state index contributed by atoms with van der Waals surface area (Å²) >= 11 is 1.22. The Bertz CT molecular complexity index is 780. The molecule has 2 aromatic heterocycles. The Morgan fingerprint density at radius 2 is 2.10 bits per heavy atom. The maximum absolute atomic E-state index is 12.0. The van der Waals surface area contributed by atoms with Crippen molar-refractivity contribution < 1.29 is 4.79 Å². The van der Waals surface area contributed by atoms with Crippen LogP contribution in [0.2, 0.25) is 0 Å². The normalized spacial score (nSPS) is 10.5. The van der Waals surface area contributed by atoms with Gasteiger partial charge in [0.25, 0.3) is 5.91 Å². The first kappa shape index (κ1) is 13.4. The van der Waals surface area contributed by atoms with Crippen LogP contribution in [-0.4, -0.2) is 28.1 Å². The van der Waals surface area contributed by atoms with Gasteiger partial charge in [0.15, 0.2) is 0 Å². The Labute approximate surface area is 125 Å². The molecule has 0 fully saturated rings. The van der Waals surface area contributed by atoms with Crippen molar-refractivity contribution >= 4 is 33.3 Å². The molecule has 1 aromatic carbocycles. The number of carbonyl (C=O) groups excluding carboxylic acids is 1. The average molecular weight is 299 g/mol. The molecule has 0 aliphatic heterocycles. The molecule has 6 nitrogen and oxygen atoms in total. The van der Waals surface area contributed by atoms with Crippen LogP contribution in [0.4, 0.5) is 5.13 Å². The fourth-order valence-electron chi connectivity index (χ4n) is 1.98. The van der Waals surface area contributed by atoms with Crippen molar-refractivity contribution in [3.8, 4) is 0 Å². The van der Waals surface area contributed by atoms with Gasteiger partial charge in [0.2, 0.25) is 10.1 Å². The van der Waals surface area contributed by atoms with Gasteiger partial charge < -0.3 is 10.6 Å². The molecule has 0 saturated heterocycles. The third-order valence-electron chi connectivity index (χ3n) is 2.99. The van der Waals surface area contributed by atoms with Crippen LogP contribution in [0.5, 0.6) is 0 Å². The summed E-state index contributed by atoms with van der Waals surface area (Å²) in [6, 6.07) is 9.80. The number of nitrogens with zero attached hydrogens (tertiary/aromatic N) is 3. The van der Waals surface area contributed by atoms with Crippen LogP contribution in [-0.2, 0) is 6.54 Å². The quantitative estimate of drug-likeness (QED) is 0.771. The van der Waals surface area contributed by atoms with Crippen molar-refractivity contribution in [2.45, 2.75) is 6.54 Å². The smallest absolute Gasteiger partial charge is 0.282 e. The lowest BCUT2D eigenvalue weighted by atomic mass is 10.1. The van der Waals surface area contributed by atoms with E-state index in [0.717, 1.165) is 16.5 Å². The second-order valence-corrected chi connectivity index (χ2v) is 5.31. The summed E-state index contributed by atoms with van der Waals surface area (Å²) in [6.07, 6.45) is 1.75. The SMILES string of the molecule is CNc1nnc(C(=O)NCc2cccc3cccnc23)s1. The molecule has 0 saturated carbocycles. The summed E-state index contributed by atoms with van der Waals surface area (Å²) in [5.74, 6) is -0.234. The first-order chi connectivity index (χ1) is 10.3. The van der Waals surface area contributed by atoms with Crippen LogP contribution in [0.25, 0.3) is 10.9 Å². The predicted octanol–water partition coefficient (Wildman–Crippen LogP) is 2.06. The zero-order valence-electron chi connectivity index (χ0n) is 11.3. The third kappa shape index (κ3) is 2.82. The zero-order valence-corrected chi connectivity index (χ0v) is 12.1. The molecule has 0 aliphatic carbocycles. The maximum Gasteiger partial charge on any atom is 0.282 e. The standard InChI is InChI=1S/C14H13N5OS/c1-15-14-19-18-13(21-14)12(20)17-8-10-5-2-4-9-6-3-7-16-11(9)10/h2-7H,8H2,1H3,(H,15,19)(H,17,20). The number of para-hydroxylation sites is 1. The molecular weight excluding hydrogens is 286 g/mol. The molecule has 0 unspecified atom stereocenters. The highest BCUT2D eigenvalue weighted by Crippen LogP contribution is 2.17. The number of hydrogen-bond acceptors (Lipinski definition) is 6. The van der Waals surface area contributed by atoms with Crippen molar-refractivity contribution in [1.29, 1.82) is 0 Å². The summed E-state index contributed by atoms with van der Waals surface area (Å²) in [6.45, 7) is 0.404.